The zero-order valence-corrected chi connectivity index (χ0v) is 17.4. The zero-order valence-electron chi connectivity index (χ0n) is 16.6. The molecule has 0 fully saturated rings. The van der Waals surface area contributed by atoms with Gasteiger partial charge in [-0.15, -0.1) is 11.8 Å². The predicted molar refractivity (Wildman–Crippen MR) is 114 cm³/mol. The molecule has 0 saturated carbocycles. The Kier molecular flexibility index (Phi) is 5.50. The number of amides is 3. The second-order valence-electron chi connectivity index (χ2n) is 7.04. The van der Waals surface area contributed by atoms with Crippen molar-refractivity contribution in [3.8, 4) is 0 Å². The summed E-state index contributed by atoms with van der Waals surface area (Å²) >= 11 is 1.61. The van der Waals surface area contributed by atoms with Gasteiger partial charge in [0.1, 0.15) is 13.2 Å². The third-order valence-electron chi connectivity index (χ3n) is 5.17. The number of para-hydroxylation sites is 1. The number of urea groups is 1. The lowest BCUT2D eigenvalue weighted by Gasteiger charge is -2.32. The molecule has 2 N–H and O–H groups in total. The molecule has 0 saturated heterocycles. The van der Waals surface area contributed by atoms with Gasteiger partial charge in [-0.2, -0.15) is 0 Å². The molecular formula is C22H21N3O4S. The number of aryl methyl sites for hydroxylation is 1. The average Bonchev–Trinajstić information content (AvgIpc) is 3.13. The van der Waals surface area contributed by atoms with E-state index in [0.29, 0.717) is 17.0 Å². The van der Waals surface area contributed by atoms with E-state index in [-0.39, 0.29) is 19.1 Å². The van der Waals surface area contributed by atoms with Gasteiger partial charge < -0.3 is 15.4 Å². The topological polar surface area (TPSA) is 87.7 Å². The summed E-state index contributed by atoms with van der Waals surface area (Å²) in [6.07, 6.45) is 1.98. The lowest BCUT2D eigenvalue weighted by atomic mass is 9.96. The fraction of sp³-hybridized carbons (Fsp3) is 0.227. The van der Waals surface area contributed by atoms with E-state index in [2.05, 4.69) is 10.6 Å². The predicted octanol–water partition coefficient (Wildman–Crippen LogP) is 3.23. The lowest BCUT2D eigenvalue weighted by molar-refractivity contribution is -0.136. The molecule has 2 aromatic rings. The van der Waals surface area contributed by atoms with Gasteiger partial charge in [-0.1, -0.05) is 30.3 Å². The molecule has 30 heavy (non-hydrogen) atoms. The second kappa shape index (κ2) is 8.23. The molecule has 2 aliphatic rings. The third-order valence-corrected chi connectivity index (χ3v) is 5.91. The van der Waals surface area contributed by atoms with Crippen LogP contribution in [0.15, 0.2) is 64.7 Å². The molecule has 0 aliphatic carbocycles. The van der Waals surface area contributed by atoms with E-state index >= 15 is 0 Å². The van der Waals surface area contributed by atoms with Gasteiger partial charge in [0.25, 0.3) is 0 Å². The van der Waals surface area contributed by atoms with Crippen molar-refractivity contribution in [2.75, 3.05) is 24.7 Å². The number of thioether (sulfide) groups is 1. The van der Waals surface area contributed by atoms with Gasteiger partial charge in [0, 0.05) is 10.6 Å². The van der Waals surface area contributed by atoms with Crippen LogP contribution in [-0.4, -0.2) is 42.2 Å². The summed E-state index contributed by atoms with van der Waals surface area (Å²) in [5.74, 6) is -0.832. The Morgan fingerprint density at radius 1 is 1.20 bits per heavy atom. The smallest absolute Gasteiger partial charge is 0.338 e. The Balaban J connectivity index is 1.59. The highest BCUT2D eigenvalue weighted by Gasteiger charge is 2.42. The molecule has 0 radical (unpaired) electrons. The molecule has 0 spiro atoms. The maximum Gasteiger partial charge on any atom is 0.338 e. The summed E-state index contributed by atoms with van der Waals surface area (Å²) in [4.78, 5) is 40.2. The number of cyclic esters (lactones) is 1. The number of hydrogen-bond acceptors (Lipinski definition) is 5. The van der Waals surface area contributed by atoms with Gasteiger partial charge in [0.15, 0.2) is 0 Å². The highest BCUT2D eigenvalue weighted by atomic mass is 32.2. The van der Waals surface area contributed by atoms with E-state index in [1.807, 2.05) is 55.6 Å². The van der Waals surface area contributed by atoms with Crippen LogP contribution < -0.4 is 10.6 Å². The molecule has 1 atom stereocenters. The van der Waals surface area contributed by atoms with Gasteiger partial charge in [-0.05, 0) is 42.5 Å². The number of carbonyl (C=O) groups excluding carboxylic acids is 3. The van der Waals surface area contributed by atoms with Gasteiger partial charge >= 0.3 is 12.0 Å². The maximum absolute atomic E-state index is 12.8. The highest BCUT2D eigenvalue weighted by Crippen LogP contribution is 2.35. The summed E-state index contributed by atoms with van der Waals surface area (Å²) in [5.41, 5.74) is 3.19. The van der Waals surface area contributed by atoms with E-state index in [1.54, 1.807) is 17.8 Å². The minimum atomic E-state index is -0.603. The van der Waals surface area contributed by atoms with Crippen molar-refractivity contribution in [2.24, 2.45) is 0 Å². The highest BCUT2D eigenvalue weighted by molar-refractivity contribution is 7.98. The molecule has 2 aromatic carbocycles. The van der Waals surface area contributed by atoms with E-state index in [9.17, 15) is 14.4 Å². The molecule has 154 valence electrons. The van der Waals surface area contributed by atoms with Crippen molar-refractivity contribution in [1.29, 1.82) is 0 Å². The lowest BCUT2D eigenvalue weighted by Crippen LogP contribution is -2.49. The number of benzene rings is 2. The number of ether oxygens (including phenoxy) is 1. The molecule has 0 unspecified atom stereocenters. The monoisotopic (exact) mass is 423 g/mol. The standard InChI is InChI=1S/C22H21N3O4S/c1-13-5-3-4-6-16(13)23-18(26)11-25-17-12-29-21(27)19(17)20(24-22(25)28)14-7-9-15(30-2)10-8-14/h3-10,20H,11-12H2,1-2H3,(H,23,26)(H,24,28)/t20-/m1/s1. The van der Waals surface area contributed by atoms with Crippen LogP contribution in [-0.2, 0) is 14.3 Å². The van der Waals surface area contributed by atoms with Crippen LogP contribution in [0.25, 0.3) is 0 Å². The van der Waals surface area contributed by atoms with Crippen molar-refractivity contribution in [3.63, 3.8) is 0 Å². The molecule has 7 nitrogen and oxygen atoms in total. The largest absolute Gasteiger partial charge is 0.456 e. The number of anilines is 1. The van der Waals surface area contributed by atoms with Crippen LogP contribution in [0.4, 0.5) is 10.5 Å². The van der Waals surface area contributed by atoms with Gasteiger partial charge in [0.05, 0.1) is 17.3 Å². The van der Waals surface area contributed by atoms with E-state index < -0.39 is 18.0 Å². The Labute approximate surface area is 178 Å². The summed E-state index contributed by atoms with van der Waals surface area (Å²) in [7, 11) is 0. The number of nitrogens with zero attached hydrogens (tertiary/aromatic N) is 1. The van der Waals surface area contributed by atoms with Gasteiger partial charge in [-0.3, -0.25) is 9.69 Å². The van der Waals surface area contributed by atoms with Crippen molar-refractivity contribution >= 4 is 35.4 Å². The first-order valence-electron chi connectivity index (χ1n) is 9.45. The fourth-order valence-electron chi connectivity index (χ4n) is 3.57. The molecule has 0 bridgehead atoms. The number of hydrogen-bond donors (Lipinski definition) is 2. The van der Waals surface area contributed by atoms with Gasteiger partial charge in [0.2, 0.25) is 5.91 Å². The number of nitrogens with one attached hydrogen (secondary N) is 2. The minimum Gasteiger partial charge on any atom is -0.456 e. The van der Waals surface area contributed by atoms with Crippen LogP contribution >= 0.6 is 11.8 Å². The molecule has 2 aliphatic heterocycles. The van der Waals surface area contributed by atoms with Crippen LogP contribution in [0, 0.1) is 6.92 Å². The maximum atomic E-state index is 12.8. The zero-order chi connectivity index (χ0) is 21.3. The van der Waals surface area contributed by atoms with Crippen LogP contribution in [0.1, 0.15) is 17.2 Å². The third kappa shape index (κ3) is 3.78. The van der Waals surface area contributed by atoms with Crippen molar-refractivity contribution in [2.45, 2.75) is 17.9 Å². The first kappa shape index (κ1) is 20.0. The molecule has 2 heterocycles. The second-order valence-corrected chi connectivity index (χ2v) is 7.92. The van der Waals surface area contributed by atoms with E-state index in [1.165, 1.54) is 4.90 Å². The molecule has 0 aromatic heterocycles. The first-order valence-corrected chi connectivity index (χ1v) is 10.7. The van der Waals surface area contributed by atoms with Crippen LogP contribution in [0.2, 0.25) is 0 Å². The number of carbonyl (C=O) groups is 3. The van der Waals surface area contributed by atoms with Gasteiger partial charge in [-0.25, -0.2) is 9.59 Å². The van der Waals surface area contributed by atoms with Crippen molar-refractivity contribution in [3.05, 3.63) is 70.9 Å². The molecular weight excluding hydrogens is 402 g/mol. The summed E-state index contributed by atoms with van der Waals surface area (Å²) in [6, 6.07) is 14.0. The first-order chi connectivity index (χ1) is 14.5. The Bertz CT molecular complexity index is 1050. The normalized spacial score (nSPS) is 18.1. The molecule has 3 amide bonds. The van der Waals surface area contributed by atoms with E-state index in [0.717, 1.165) is 16.0 Å². The van der Waals surface area contributed by atoms with E-state index in [4.69, 9.17) is 4.74 Å². The minimum absolute atomic E-state index is 0.0291. The molecule has 4 rings (SSSR count). The quantitative estimate of drug-likeness (QED) is 0.570. The van der Waals surface area contributed by atoms with Crippen LogP contribution in [0.5, 0.6) is 0 Å². The van der Waals surface area contributed by atoms with Crippen molar-refractivity contribution in [1.82, 2.24) is 10.2 Å². The average molecular weight is 423 g/mol. The molecule has 8 heteroatoms. The Hall–Kier alpha value is -3.26. The number of rotatable bonds is 5. The van der Waals surface area contributed by atoms with Crippen LogP contribution in [0.3, 0.4) is 0 Å². The Morgan fingerprint density at radius 3 is 2.63 bits per heavy atom. The summed E-state index contributed by atoms with van der Waals surface area (Å²) in [5, 5.41) is 5.66. The van der Waals surface area contributed by atoms with Crippen molar-refractivity contribution < 1.29 is 19.1 Å². The SMILES string of the molecule is CSc1ccc([C@H]2NC(=O)N(CC(=O)Nc3ccccc3C)C3=C2C(=O)OC3)cc1. The summed E-state index contributed by atoms with van der Waals surface area (Å²) in [6.45, 7) is 1.65. The fourth-order valence-corrected chi connectivity index (χ4v) is 3.98. The Morgan fingerprint density at radius 2 is 1.93 bits per heavy atom. The number of esters is 1. The summed E-state index contributed by atoms with van der Waals surface area (Å²) < 4.78 is 5.21.